The fourth-order valence-electron chi connectivity index (χ4n) is 3.28. The summed E-state index contributed by atoms with van der Waals surface area (Å²) in [5, 5.41) is 3.98. The molecule has 0 bridgehead atoms. The van der Waals surface area contributed by atoms with Crippen molar-refractivity contribution in [3.63, 3.8) is 0 Å². The number of nitrogens with one attached hydrogen (secondary N) is 1. The summed E-state index contributed by atoms with van der Waals surface area (Å²) in [5.41, 5.74) is 1.93. The predicted molar refractivity (Wildman–Crippen MR) is 87.1 cm³/mol. The Labute approximate surface area is 139 Å². The van der Waals surface area contributed by atoms with Crippen molar-refractivity contribution < 1.29 is 9.32 Å². The lowest BCUT2D eigenvalue weighted by Crippen LogP contribution is -2.31. The molecule has 1 saturated heterocycles. The smallest absolute Gasteiger partial charge is 0.223 e. The minimum atomic E-state index is -0.0642. The van der Waals surface area contributed by atoms with Gasteiger partial charge in [0.1, 0.15) is 5.82 Å². The number of benzene rings is 1. The minimum absolute atomic E-state index is 0.0642. The van der Waals surface area contributed by atoms with Crippen LogP contribution in [0.25, 0.3) is 11.0 Å². The molecule has 7 heteroatoms. The van der Waals surface area contributed by atoms with Crippen molar-refractivity contribution in [2.45, 2.75) is 38.6 Å². The van der Waals surface area contributed by atoms with Crippen LogP contribution in [0.3, 0.4) is 0 Å². The van der Waals surface area contributed by atoms with Gasteiger partial charge in [0.25, 0.3) is 0 Å². The number of para-hydroxylation sites is 2. The van der Waals surface area contributed by atoms with Gasteiger partial charge in [-0.1, -0.05) is 17.3 Å². The van der Waals surface area contributed by atoms with Crippen molar-refractivity contribution in [2.24, 2.45) is 0 Å². The molecule has 7 nitrogen and oxygen atoms in total. The van der Waals surface area contributed by atoms with Gasteiger partial charge in [-0.3, -0.25) is 4.79 Å². The molecule has 0 spiro atoms. The molecule has 1 N–H and O–H groups in total. The Bertz CT molecular complexity index is 836. The monoisotopic (exact) mass is 325 g/mol. The van der Waals surface area contributed by atoms with Gasteiger partial charge in [0.05, 0.1) is 17.1 Å². The van der Waals surface area contributed by atoms with E-state index in [0.29, 0.717) is 24.6 Å². The third-order valence-electron chi connectivity index (χ3n) is 4.43. The largest absolute Gasteiger partial charge is 0.342 e. The van der Waals surface area contributed by atoms with Crippen LogP contribution in [-0.4, -0.2) is 37.5 Å². The van der Waals surface area contributed by atoms with E-state index in [-0.39, 0.29) is 11.9 Å². The number of likely N-dealkylation sites (tertiary alicyclic amines) is 1. The van der Waals surface area contributed by atoms with Crippen LogP contribution in [-0.2, 0) is 11.2 Å². The number of hydrogen-bond acceptors (Lipinski definition) is 5. The van der Waals surface area contributed by atoms with Crippen molar-refractivity contribution in [1.82, 2.24) is 25.0 Å². The second-order valence-electron chi connectivity index (χ2n) is 6.12. The lowest BCUT2D eigenvalue weighted by atomic mass is 10.2. The highest BCUT2D eigenvalue weighted by molar-refractivity contribution is 5.78. The zero-order valence-corrected chi connectivity index (χ0v) is 13.5. The van der Waals surface area contributed by atoms with E-state index >= 15 is 0 Å². The maximum atomic E-state index is 12.6. The van der Waals surface area contributed by atoms with E-state index in [1.807, 2.05) is 29.2 Å². The van der Waals surface area contributed by atoms with Gasteiger partial charge in [-0.2, -0.15) is 4.98 Å². The molecule has 1 aliphatic rings. The molecule has 2 aromatic heterocycles. The Morgan fingerprint density at radius 3 is 3.04 bits per heavy atom. The van der Waals surface area contributed by atoms with Crippen LogP contribution in [0.15, 0.2) is 28.8 Å². The van der Waals surface area contributed by atoms with Crippen molar-refractivity contribution in [1.29, 1.82) is 0 Å². The van der Waals surface area contributed by atoms with Crippen molar-refractivity contribution in [3.8, 4) is 0 Å². The first-order valence-electron chi connectivity index (χ1n) is 8.24. The van der Waals surface area contributed by atoms with Crippen molar-refractivity contribution in [3.05, 3.63) is 41.8 Å². The summed E-state index contributed by atoms with van der Waals surface area (Å²) in [6.45, 7) is 2.51. The first-order chi connectivity index (χ1) is 11.7. The number of carbonyl (C=O) groups excluding carboxylic acids is 1. The average Bonchev–Trinajstić information content (AvgIpc) is 3.30. The number of carbonyl (C=O) groups is 1. The Balaban J connectivity index is 1.43. The molecule has 1 atom stereocenters. The maximum Gasteiger partial charge on any atom is 0.223 e. The van der Waals surface area contributed by atoms with Crippen molar-refractivity contribution >= 4 is 16.9 Å². The molecule has 1 amide bonds. The fraction of sp³-hybridized carbons (Fsp3) is 0.412. The highest BCUT2D eigenvalue weighted by Gasteiger charge is 2.32. The zero-order chi connectivity index (χ0) is 16.5. The van der Waals surface area contributed by atoms with Crippen LogP contribution in [0.5, 0.6) is 0 Å². The molecule has 0 aliphatic carbocycles. The van der Waals surface area contributed by atoms with Gasteiger partial charge in [-0.15, -0.1) is 0 Å². The molecule has 1 aliphatic heterocycles. The van der Waals surface area contributed by atoms with Crippen LogP contribution in [0.2, 0.25) is 0 Å². The number of rotatable bonds is 4. The molecule has 3 heterocycles. The number of aromatic amines is 1. The molecule has 1 aromatic carbocycles. The molecule has 124 valence electrons. The Kier molecular flexibility index (Phi) is 3.76. The number of amides is 1. The highest BCUT2D eigenvalue weighted by atomic mass is 16.5. The summed E-state index contributed by atoms with van der Waals surface area (Å²) in [5.74, 6) is 2.10. The first kappa shape index (κ1) is 14.9. The summed E-state index contributed by atoms with van der Waals surface area (Å²) in [4.78, 5) is 26.6. The summed E-state index contributed by atoms with van der Waals surface area (Å²) in [6.07, 6.45) is 2.87. The molecule has 1 fully saturated rings. The van der Waals surface area contributed by atoms with Crippen LogP contribution >= 0.6 is 0 Å². The van der Waals surface area contributed by atoms with Crippen LogP contribution in [0.4, 0.5) is 0 Å². The standard InChI is InChI=1S/C17H19N5O2/c1-11-18-17(21-24-11)14-7-4-10-22(14)16(23)9-8-15-19-12-5-2-3-6-13(12)20-15/h2-3,5-6,14H,4,7-10H2,1H3,(H,19,20)/t14-/m1/s1. The second-order valence-corrected chi connectivity index (χ2v) is 6.12. The van der Waals surface area contributed by atoms with Gasteiger partial charge < -0.3 is 14.4 Å². The van der Waals surface area contributed by atoms with E-state index in [4.69, 9.17) is 4.52 Å². The van der Waals surface area contributed by atoms with Gasteiger partial charge in [0, 0.05) is 26.3 Å². The van der Waals surface area contributed by atoms with Crippen LogP contribution < -0.4 is 0 Å². The molecule has 0 saturated carbocycles. The Morgan fingerprint density at radius 1 is 1.38 bits per heavy atom. The summed E-state index contributed by atoms with van der Waals surface area (Å²) in [7, 11) is 0. The molecular weight excluding hydrogens is 306 g/mol. The minimum Gasteiger partial charge on any atom is -0.342 e. The summed E-state index contributed by atoms with van der Waals surface area (Å²) in [6, 6.07) is 7.82. The normalized spacial score (nSPS) is 17.7. The summed E-state index contributed by atoms with van der Waals surface area (Å²) < 4.78 is 5.05. The van der Waals surface area contributed by atoms with Gasteiger partial charge in [-0.05, 0) is 25.0 Å². The zero-order valence-electron chi connectivity index (χ0n) is 13.5. The third kappa shape index (κ3) is 2.77. The highest BCUT2D eigenvalue weighted by Crippen LogP contribution is 2.30. The van der Waals surface area contributed by atoms with E-state index < -0.39 is 0 Å². The number of aromatic nitrogens is 4. The maximum absolute atomic E-state index is 12.6. The van der Waals surface area contributed by atoms with E-state index in [1.54, 1.807) is 6.92 Å². The SMILES string of the molecule is Cc1nc([C@H]2CCCN2C(=O)CCc2nc3ccccc3[nH]2)no1. The third-order valence-corrected chi connectivity index (χ3v) is 4.43. The van der Waals surface area contributed by atoms with Crippen molar-refractivity contribution in [2.75, 3.05) is 6.54 Å². The molecule has 0 radical (unpaired) electrons. The molecule has 3 aromatic rings. The number of hydrogen-bond donors (Lipinski definition) is 1. The quantitative estimate of drug-likeness (QED) is 0.796. The molecule has 24 heavy (non-hydrogen) atoms. The van der Waals surface area contributed by atoms with Crippen LogP contribution in [0, 0.1) is 6.92 Å². The van der Waals surface area contributed by atoms with Crippen LogP contribution in [0.1, 0.15) is 42.8 Å². The number of aryl methyl sites for hydroxylation is 2. The number of fused-ring (bicyclic) bond motifs is 1. The average molecular weight is 325 g/mol. The number of nitrogens with zero attached hydrogens (tertiary/aromatic N) is 4. The lowest BCUT2D eigenvalue weighted by Gasteiger charge is -2.22. The lowest BCUT2D eigenvalue weighted by molar-refractivity contribution is -0.132. The number of H-pyrrole nitrogens is 1. The van der Waals surface area contributed by atoms with E-state index in [9.17, 15) is 4.79 Å². The second kappa shape index (κ2) is 6.07. The van der Waals surface area contributed by atoms with E-state index in [1.165, 1.54) is 0 Å². The van der Waals surface area contributed by atoms with E-state index in [0.717, 1.165) is 36.2 Å². The molecule has 4 rings (SSSR count). The topological polar surface area (TPSA) is 87.9 Å². The Hall–Kier alpha value is -2.70. The van der Waals surface area contributed by atoms with E-state index in [2.05, 4.69) is 20.1 Å². The van der Waals surface area contributed by atoms with Gasteiger partial charge in [0.15, 0.2) is 5.82 Å². The summed E-state index contributed by atoms with van der Waals surface area (Å²) >= 11 is 0. The first-order valence-corrected chi connectivity index (χ1v) is 8.24. The molecule has 0 unspecified atom stereocenters. The number of imidazole rings is 1. The van der Waals surface area contributed by atoms with Gasteiger partial charge >= 0.3 is 0 Å². The molecular formula is C17H19N5O2. The predicted octanol–water partition coefficient (Wildman–Crippen LogP) is 2.55. The fourth-order valence-corrected chi connectivity index (χ4v) is 3.28. The Morgan fingerprint density at radius 2 is 2.25 bits per heavy atom. The van der Waals surface area contributed by atoms with Gasteiger partial charge in [-0.25, -0.2) is 4.98 Å². The van der Waals surface area contributed by atoms with Gasteiger partial charge in [0.2, 0.25) is 11.8 Å².